The van der Waals surface area contributed by atoms with Gasteiger partial charge in [-0.05, 0) is 38.5 Å². The molecule has 1 spiro atoms. The maximum absolute atomic E-state index is 10.4. The zero-order chi connectivity index (χ0) is 19.2. The minimum absolute atomic E-state index is 0.0706. The molecule has 2 saturated carbocycles. The fourth-order valence-electron chi connectivity index (χ4n) is 4.88. The molecule has 0 saturated heterocycles. The number of methoxy groups -OCH3 is 1. The van der Waals surface area contributed by atoms with E-state index in [0.29, 0.717) is 11.8 Å². The van der Waals surface area contributed by atoms with Crippen molar-refractivity contribution in [1.82, 2.24) is 0 Å². The molecular formula is C20H26O5S. The molecule has 4 atom stereocenters. The predicted molar refractivity (Wildman–Crippen MR) is 97.0 cm³/mol. The SMILES string of the molecule is CO[C+]1[C@H]2CC=C[C@@]13CC[C@@](C)(O)[C@H]3C2.Cc1ccc(S(=O)(=O)[O-])cc1. The molecule has 0 radical (unpaired) electrons. The molecule has 0 unspecified atom stereocenters. The molecule has 0 amide bonds. The Kier molecular flexibility index (Phi) is 4.99. The van der Waals surface area contributed by atoms with Crippen LogP contribution in [-0.4, -0.2) is 30.8 Å². The molecule has 1 aromatic rings. The van der Waals surface area contributed by atoms with Gasteiger partial charge in [0.2, 0.25) is 0 Å². The second-order valence-corrected chi connectivity index (χ2v) is 9.24. The van der Waals surface area contributed by atoms with Crippen molar-refractivity contribution in [3.05, 3.63) is 48.1 Å². The highest BCUT2D eigenvalue weighted by Crippen LogP contribution is 2.67. The molecule has 0 heterocycles. The van der Waals surface area contributed by atoms with Gasteiger partial charge in [0.15, 0.2) is 5.41 Å². The number of aryl methyl sites for hydroxylation is 1. The minimum Gasteiger partial charge on any atom is -0.744 e. The Morgan fingerprint density at radius 3 is 2.50 bits per heavy atom. The molecule has 142 valence electrons. The summed E-state index contributed by atoms with van der Waals surface area (Å²) < 4.78 is 36.8. The highest BCUT2D eigenvalue weighted by Gasteiger charge is 2.72. The molecule has 1 N–H and O–H groups in total. The summed E-state index contributed by atoms with van der Waals surface area (Å²) in [6.07, 6.45) is 9.99. The normalized spacial score (nSPS) is 35.0. The Hall–Kier alpha value is -1.34. The van der Waals surface area contributed by atoms with E-state index in [9.17, 15) is 18.1 Å². The molecule has 4 rings (SSSR count). The highest BCUT2D eigenvalue weighted by molar-refractivity contribution is 7.85. The summed E-state index contributed by atoms with van der Waals surface area (Å²) in [6.45, 7) is 3.81. The minimum atomic E-state index is -4.27. The van der Waals surface area contributed by atoms with Crippen molar-refractivity contribution in [2.24, 2.45) is 17.3 Å². The first-order chi connectivity index (χ1) is 12.1. The quantitative estimate of drug-likeness (QED) is 0.485. The molecule has 3 aliphatic rings. The lowest BCUT2D eigenvalue weighted by atomic mass is 9.73. The van der Waals surface area contributed by atoms with E-state index in [2.05, 4.69) is 12.2 Å². The number of fused-ring (bicyclic) bond motifs is 1. The summed E-state index contributed by atoms with van der Waals surface area (Å²) in [5.41, 5.74) is 0.506. The lowest BCUT2D eigenvalue weighted by Gasteiger charge is -2.27. The first-order valence-electron chi connectivity index (χ1n) is 8.94. The zero-order valence-corrected chi connectivity index (χ0v) is 16.3. The van der Waals surface area contributed by atoms with Gasteiger partial charge in [-0.15, -0.1) is 0 Å². The summed E-state index contributed by atoms with van der Waals surface area (Å²) in [7, 11) is -2.48. The van der Waals surface area contributed by atoms with Crippen LogP contribution in [0, 0.1) is 30.3 Å². The molecular weight excluding hydrogens is 352 g/mol. The van der Waals surface area contributed by atoms with E-state index in [1.807, 2.05) is 13.8 Å². The van der Waals surface area contributed by atoms with E-state index >= 15 is 0 Å². The van der Waals surface area contributed by atoms with Crippen molar-refractivity contribution in [3.63, 3.8) is 0 Å². The van der Waals surface area contributed by atoms with Crippen LogP contribution in [0.25, 0.3) is 0 Å². The van der Waals surface area contributed by atoms with E-state index < -0.39 is 15.7 Å². The summed E-state index contributed by atoms with van der Waals surface area (Å²) in [5, 5.41) is 10.4. The summed E-state index contributed by atoms with van der Waals surface area (Å²) in [5.74, 6) is 0.931. The second kappa shape index (κ2) is 6.68. The van der Waals surface area contributed by atoms with Crippen LogP contribution < -0.4 is 0 Å². The largest absolute Gasteiger partial charge is 0.744 e. The Bertz CT molecular complexity index is 781. The van der Waals surface area contributed by atoms with Crippen molar-refractivity contribution in [1.29, 1.82) is 0 Å². The van der Waals surface area contributed by atoms with E-state index in [0.717, 1.165) is 31.2 Å². The van der Waals surface area contributed by atoms with E-state index in [1.165, 1.54) is 18.2 Å². The van der Waals surface area contributed by atoms with Crippen LogP contribution in [0.15, 0.2) is 41.3 Å². The third-order valence-corrected chi connectivity index (χ3v) is 6.98. The maximum atomic E-state index is 10.4. The number of aliphatic hydroxyl groups is 1. The standard InChI is InChI=1S/C13H19O2.C7H8O3S/c1-12(14)6-7-13-5-3-4-9(8-10(12)13)11(13)15-2;1-6-2-4-7(5-3-6)11(8,9)10/h3,5,9-10,14H,4,6-8H2,1-2H3;2-5H,1H3,(H,8,9,10)/q+1;/p-1/t9-,10+,12+,13-;/m0./s1. The molecule has 2 bridgehead atoms. The average Bonchev–Trinajstić information content (AvgIpc) is 2.90. The topological polar surface area (TPSA) is 86.7 Å². The Balaban J connectivity index is 0.000000160. The number of hydrogen-bond acceptors (Lipinski definition) is 5. The molecule has 26 heavy (non-hydrogen) atoms. The van der Waals surface area contributed by atoms with Gasteiger partial charge in [0.05, 0.1) is 17.6 Å². The summed E-state index contributed by atoms with van der Waals surface area (Å²) >= 11 is 0. The van der Waals surface area contributed by atoms with Crippen molar-refractivity contribution in [2.75, 3.05) is 7.11 Å². The van der Waals surface area contributed by atoms with Gasteiger partial charge in [0.1, 0.15) is 16.0 Å². The molecule has 0 aliphatic heterocycles. The van der Waals surface area contributed by atoms with Crippen LogP contribution in [0.1, 0.15) is 38.2 Å². The van der Waals surface area contributed by atoms with Gasteiger partial charge in [-0.2, -0.15) is 4.74 Å². The fraction of sp³-hybridized carbons (Fsp3) is 0.550. The molecule has 1 aromatic carbocycles. The first kappa shape index (κ1) is 19.4. The predicted octanol–water partition coefficient (Wildman–Crippen LogP) is 3.19. The number of hydrogen-bond donors (Lipinski definition) is 1. The number of allylic oxidation sites excluding steroid dienone is 1. The molecule has 3 aliphatic carbocycles. The molecule has 6 heteroatoms. The second-order valence-electron chi connectivity index (χ2n) is 7.86. The van der Waals surface area contributed by atoms with Gasteiger partial charge in [-0.1, -0.05) is 23.8 Å². The third-order valence-electron chi connectivity index (χ3n) is 6.13. The monoisotopic (exact) mass is 378 g/mol. The van der Waals surface area contributed by atoms with Gasteiger partial charge in [0, 0.05) is 25.2 Å². The molecule has 0 aromatic heterocycles. The van der Waals surface area contributed by atoms with Crippen molar-refractivity contribution in [3.8, 4) is 0 Å². The van der Waals surface area contributed by atoms with Crippen LogP contribution in [-0.2, 0) is 14.9 Å². The van der Waals surface area contributed by atoms with Crippen LogP contribution >= 0.6 is 0 Å². The van der Waals surface area contributed by atoms with E-state index in [-0.39, 0.29) is 10.3 Å². The van der Waals surface area contributed by atoms with Crippen molar-refractivity contribution in [2.45, 2.75) is 50.0 Å². The van der Waals surface area contributed by atoms with Gasteiger partial charge in [0.25, 0.3) is 6.10 Å². The molecule has 5 nitrogen and oxygen atoms in total. The summed E-state index contributed by atoms with van der Waals surface area (Å²) in [4.78, 5) is -0.178. The Labute approximate surface area is 155 Å². The number of benzene rings is 1. The van der Waals surface area contributed by atoms with Gasteiger partial charge < -0.3 is 9.66 Å². The summed E-state index contributed by atoms with van der Waals surface area (Å²) in [6, 6.07) is 5.78. The Morgan fingerprint density at radius 1 is 1.27 bits per heavy atom. The lowest BCUT2D eigenvalue weighted by Crippen LogP contribution is -2.35. The maximum Gasteiger partial charge on any atom is 0.254 e. The van der Waals surface area contributed by atoms with E-state index in [1.54, 1.807) is 19.2 Å². The van der Waals surface area contributed by atoms with Crippen LogP contribution in [0.5, 0.6) is 0 Å². The molecule has 2 fully saturated rings. The fourth-order valence-corrected chi connectivity index (χ4v) is 5.35. The highest BCUT2D eigenvalue weighted by atomic mass is 32.2. The van der Waals surface area contributed by atoms with Crippen molar-refractivity contribution >= 4 is 10.1 Å². The number of ether oxygens (including phenoxy) is 1. The van der Waals surface area contributed by atoms with Gasteiger partial charge in [-0.3, -0.25) is 0 Å². The third kappa shape index (κ3) is 3.31. The van der Waals surface area contributed by atoms with Crippen molar-refractivity contribution < 1.29 is 22.8 Å². The Morgan fingerprint density at radius 2 is 1.92 bits per heavy atom. The number of rotatable bonds is 2. The average molecular weight is 378 g/mol. The van der Waals surface area contributed by atoms with Gasteiger partial charge in [-0.25, -0.2) is 8.42 Å². The zero-order valence-electron chi connectivity index (χ0n) is 15.4. The first-order valence-corrected chi connectivity index (χ1v) is 10.3. The van der Waals surface area contributed by atoms with Crippen LogP contribution in [0.4, 0.5) is 0 Å². The van der Waals surface area contributed by atoms with Gasteiger partial charge >= 0.3 is 0 Å². The van der Waals surface area contributed by atoms with Crippen LogP contribution in [0.3, 0.4) is 0 Å². The smallest absolute Gasteiger partial charge is 0.254 e. The van der Waals surface area contributed by atoms with E-state index in [4.69, 9.17) is 4.74 Å². The van der Waals surface area contributed by atoms with Crippen LogP contribution in [0.2, 0.25) is 0 Å². The lowest BCUT2D eigenvalue weighted by molar-refractivity contribution is 0.00256.